The number of aromatic nitrogens is 2. The molecule has 2 aromatic carbocycles. The summed E-state index contributed by atoms with van der Waals surface area (Å²) in [6.45, 7) is 10.0. The van der Waals surface area contributed by atoms with Crippen LogP contribution in [0.15, 0.2) is 57.7 Å². The molecule has 35 heavy (non-hydrogen) atoms. The first-order chi connectivity index (χ1) is 16.9. The van der Waals surface area contributed by atoms with E-state index < -0.39 is 0 Å². The Labute approximate surface area is 218 Å². The molecule has 0 bridgehead atoms. The Kier molecular flexibility index (Phi) is 6.75. The van der Waals surface area contributed by atoms with Crippen molar-refractivity contribution in [1.29, 1.82) is 0 Å². The first kappa shape index (κ1) is 24.1. The van der Waals surface area contributed by atoms with Gasteiger partial charge in [0.1, 0.15) is 14.2 Å². The SMILES string of the molecule is CCc1ccc2c(c1)S/C(=c1/s/c(=C\c3scc[n+]3Cc3c(C)cccc3C)n(CC)c1=O)N2C. The van der Waals surface area contributed by atoms with Crippen LogP contribution in [0.25, 0.3) is 11.1 Å². The molecular weight excluding hydrogens is 491 g/mol. The van der Waals surface area contributed by atoms with E-state index in [0.29, 0.717) is 6.54 Å². The van der Waals surface area contributed by atoms with Gasteiger partial charge < -0.3 is 4.90 Å². The highest BCUT2D eigenvalue weighted by atomic mass is 32.2. The highest BCUT2D eigenvalue weighted by molar-refractivity contribution is 8.08. The van der Waals surface area contributed by atoms with Crippen LogP contribution in [0.2, 0.25) is 0 Å². The van der Waals surface area contributed by atoms with Gasteiger partial charge in [-0.2, -0.15) is 4.57 Å². The summed E-state index contributed by atoms with van der Waals surface area (Å²) in [6.07, 6.45) is 5.33. The summed E-state index contributed by atoms with van der Waals surface area (Å²) >= 11 is 5.03. The van der Waals surface area contributed by atoms with Crippen molar-refractivity contribution in [2.75, 3.05) is 11.9 Å². The summed E-state index contributed by atoms with van der Waals surface area (Å²) in [5.74, 6) is 0. The largest absolute Gasteiger partial charge is 0.337 e. The minimum absolute atomic E-state index is 0.0967. The molecule has 0 unspecified atom stereocenters. The zero-order chi connectivity index (χ0) is 24.7. The highest BCUT2D eigenvalue weighted by Gasteiger charge is 2.25. The molecule has 0 spiro atoms. The van der Waals surface area contributed by atoms with Crippen molar-refractivity contribution in [1.82, 2.24) is 4.57 Å². The van der Waals surface area contributed by atoms with E-state index in [1.165, 1.54) is 32.8 Å². The summed E-state index contributed by atoms with van der Waals surface area (Å²) < 4.78 is 6.01. The molecule has 5 rings (SSSR count). The molecule has 7 heteroatoms. The van der Waals surface area contributed by atoms with Gasteiger partial charge in [0.25, 0.3) is 10.6 Å². The summed E-state index contributed by atoms with van der Waals surface area (Å²) in [7, 11) is 2.07. The molecule has 0 fully saturated rings. The van der Waals surface area contributed by atoms with Crippen LogP contribution in [-0.2, 0) is 19.5 Å². The molecule has 4 aromatic rings. The third kappa shape index (κ3) is 4.41. The van der Waals surface area contributed by atoms with Gasteiger partial charge in [0, 0.05) is 24.1 Å². The number of thiazole rings is 2. The Morgan fingerprint density at radius 1 is 1.09 bits per heavy atom. The average molecular weight is 521 g/mol. The van der Waals surface area contributed by atoms with Gasteiger partial charge in [-0.25, -0.2) is 0 Å². The predicted molar refractivity (Wildman–Crippen MR) is 150 cm³/mol. The second-order valence-corrected chi connectivity index (χ2v) is 11.8. The van der Waals surface area contributed by atoms with Gasteiger partial charge in [-0.1, -0.05) is 54.3 Å². The van der Waals surface area contributed by atoms with Gasteiger partial charge in [-0.15, -0.1) is 11.3 Å². The molecule has 0 N–H and O–H groups in total. The fraction of sp³-hybridized carbons (Fsp3) is 0.286. The maximum Gasteiger partial charge on any atom is 0.271 e. The molecule has 2 aromatic heterocycles. The Bertz CT molecular complexity index is 1570. The van der Waals surface area contributed by atoms with E-state index in [4.69, 9.17) is 0 Å². The molecular formula is C28H30N3OS3+. The van der Waals surface area contributed by atoms with Crippen molar-refractivity contribution >= 4 is 51.2 Å². The number of rotatable bonds is 5. The first-order valence-electron chi connectivity index (χ1n) is 11.9. The average Bonchev–Trinajstić information content (AvgIpc) is 3.52. The predicted octanol–water partition coefficient (Wildman–Crippen LogP) is 4.64. The van der Waals surface area contributed by atoms with Crippen LogP contribution in [0.1, 0.15) is 41.1 Å². The van der Waals surface area contributed by atoms with Crippen molar-refractivity contribution < 1.29 is 4.57 Å². The van der Waals surface area contributed by atoms with E-state index in [1.807, 2.05) is 11.5 Å². The normalized spacial score (nSPS) is 15.2. The van der Waals surface area contributed by atoms with Gasteiger partial charge in [0.05, 0.1) is 17.1 Å². The smallest absolute Gasteiger partial charge is 0.271 e. The summed E-state index contributed by atoms with van der Waals surface area (Å²) in [4.78, 5) is 16.9. The number of fused-ring (bicyclic) bond motifs is 1. The lowest BCUT2D eigenvalue weighted by Crippen LogP contribution is -2.36. The molecule has 1 aliphatic heterocycles. The van der Waals surface area contributed by atoms with Gasteiger partial charge in [0.2, 0.25) is 0 Å². The Morgan fingerprint density at radius 3 is 2.57 bits per heavy atom. The van der Waals surface area contributed by atoms with E-state index in [0.717, 1.165) is 32.2 Å². The monoisotopic (exact) mass is 520 g/mol. The molecule has 0 radical (unpaired) electrons. The van der Waals surface area contributed by atoms with Gasteiger partial charge in [-0.3, -0.25) is 9.36 Å². The Hall–Kier alpha value is -2.61. The zero-order valence-corrected chi connectivity index (χ0v) is 23.2. The van der Waals surface area contributed by atoms with E-state index in [2.05, 4.69) is 91.3 Å². The third-order valence-electron chi connectivity index (χ3n) is 6.66. The van der Waals surface area contributed by atoms with Crippen molar-refractivity contribution in [3.05, 3.63) is 94.8 Å². The lowest BCUT2D eigenvalue weighted by molar-refractivity contribution is -0.685. The lowest BCUT2D eigenvalue weighted by Gasteiger charge is -2.12. The van der Waals surface area contributed by atoms with Crippen LogP contribution in [0.5, 0.6) is 0 Å². The number of thioether (sulfide) groups is 1. The standard InChI is InChI=1S/C28H30N3OS3/c1-6-20-11-12-22-23(15-20)34-28(29(22)5)26-27(32)31(7-2)25(35-26)16-24-30(13-14-33-24)17-21-18(3)9-8-10-19(21)4/h8-16H,6-7,17H2,1-5H3/q+1/b28-26+. The molecule has 0 aliphatic carbocycles. The van der Waals surface area contributed by atoms with Crippen molar-refractivity contribution in [2.45, 2.75) is 52.1 Å². The molecule has 0 amide bonds. The van der Waals surface area contributed by atoms with Crippen molar-refractivity contribution in [3.8, 4) is 0 Å². The van der Waals surface area contributed by atoms with Crippen LogP contribution in [0, 0.1) is 13.8 Å². The number of aryl methyl sites for hydroxylation is 3. The van der Waals surface area contributed by atoms with Crippen LogP contribution < -0.4 is 24.2 Å². The van der Waals surface area contributed by atoms with E-state index >= 15 is 0 Å². The van der Waals surface area contributed by atoms with Crippen LogP contribution in [-0.4, -0.2) is 11.6 Å². The van der Waals surface area contributed by atoms with Gasteiger partial charge in [-0.05, 0) is 56.0 Å². The summed E-state index contributed by atoms with van der Waals surface area (Å²) in [5.41, 5.74) is 6.56. The van der Waals surface area contributed by atoms with E-state index in [9.17, 15) is 4.79 Å². The minimum Gasteiger partial charge on any atom is -0.337 e. The van der Waals surface area contributed by atoms with Gasteiger partial charge in [0.15, 0.2) is 12.7 Å². The van der Waals surface area contributed by atoms with Crippen LogP contribution >= 0.6 is 34.4 Å². The molecule has 0 saturated carbocycles. The number of anilines is 1. The van der Waals surface area contributed by atoms with E-state index in [-0.39, 0.29) is 5.56 Å². The fourth-order valence-corrected chi connectivity index (χ4v) is 7.90. The highest BCUT2D eigenvalue weighted by Crippen LogP contribution is 2.45. The quantitative estimate of drug-likeness (QED) is 0.359. The lowest BCUT2D eigenvalue weighted by atomic mass is 10.0. The number of hydrogen-bond acceptors (Lipinski definition) is 5. The second-order valence-electron chi connectivity index (χ2n) is 8.82. The molecule has 0 atom stereocenters. The first-order valence-corrected chi connectivity index (χ1v) is 14.4. The number of nitrogens with zero attached hydrogens (tertiary/aromatic N) is 3. The maximum atomic E-state index is 13.5. The Morgan fingerprint density at radius 2 is 1.86 bits per heavy atom. The van der Waals surface area contributed by atoms with Gasteiger partial charge >= 0.3 is 0 Å². The third-order valence-corrected chi connectivity index (χ3v) is 9.98. The minimum atomic E-state index is 0.0967. The fourth-order valence-electron chi connectivity index (χ4n) is 4.52. The van der Waals surface area contributed by atoms with Crippen molar-refractivity contribution in [2.24, 2.45) is 0 Å². The van der Waals surface area contributed by atoms with Crippen LogP contribution in [0.4, 0.5) is 5.69 Å². The molecule has 4 nitrogen and oxygen atoms in total. The zero-order valence-electron chi connectivity index (χ0n) is 20.8. The second kappa shape index (κ2) is 9.80. The summed E-state index contributed by atoms with van der Waals surface area (Å²) in [5, 5.41) is 4.30. The topological polar surface area (TPSA) is 29.1 Å². The molecule has 3 heterocycles. The van der Waals surface area contributed by atoms with Crippen LogP contribution in [0.3, 0.4) is 0 Å². The van der Waals surface area contributed by atoms with Crippen molar-refractivity contribution in [3.63, 3.8) is 0 Å². The molecule has 1 aliphatic rings. The maximum absolute atomic E-state index is 13.5. The number of hydrogen-bond donors (Lipinski definition) is 0. The Balaban J connectivity index is 1.60. The van der Waals surface area contributed by atoms with E-state index in [1.54, 1.807) is 34.4 Å². The molecule has 0 saturated heterocycles. The molecule has 180 valence electrons. The summed E-state index contributed by atoms with van der Waals surface area (Å²) in [6, 6.07) is 13.1. The number of benzene rings is 2.